The van der Waals surface area contributed by atoms with E-state index < -0.39 is 10.0 Å². The summed E-state index contributed by atoms with van der Waals surface area (Å²) in [5.41, 5.74) is 0.555. The third kappa shape index (κ3) is 2.59. The highest BCUT2D eigenvalue weighted by atomic mass is 32.2. The van der Waals surface area contributed by atoms with Crippen LogP contribution in [0.5, 0.6) is 11.5 Å². The predicted octanol–water partition coefficient (Wildman–Crippen LogP) is 1.53. The molecule has 0 N–H and O–H groups in total. The number of benzene rings is 1. The molecule has 21 heavy (non-hydrogen) atoms. The molecular formula is C13H14N2O5S. The molecule has 0 spiro atoms. The van der Waals surface area contributed by atoms with Crippen LogP contribution in [0.4, 0.5) is 0 Å². The second-order valence-electron chi connectivity index (χ2n) is 4.71. The Balaban J connectivity index is 1.85. The van der Waals surface area contributed by atoms with Crippen LogP contribution in [0.1, 0.15) is 11.5 Å². The summed E-state index contributed by atoms with van der Waals surface area (Å²) in [5.74, 6) is 1.62. The van der Waals surface area contributed by atoms with Crippen LogP contribution >= 0.6 is 0 Å². The summed E-state index contributed by atoms with van der Waals surface area (Å²) in [6, 6.07) is 6.24. The molecule has 8 heteroatoms. The van der Waals surface area contributed by atoms with Crippen LogP contribution in [0.15, 0.2) is 33.7 Å². The highest BCUT2D eigenvalue weighted by molar-refractivity contribution is 7.89. The standard InChI is InChI=1S/C13H14N2O5S/c1-9-5-10(14-20-9)7-15(2)21(16,17)11-3-4-12-13(6-11)19-8-18-12/h3-6H,7-8H2,1-2H3. The van der Waals surface area contributed by atoms with Crippen molar-refractivity contribution in [2.24, 2.45) is 0 Å². The summed E-state index contributed by atoms with van der Waals surface area (Å²) in [6.45, 7) is 1.99. The average molecular weight is 310 g/mol. The first kappa shape index (κ1) is 13.9. The molecule has 0 fully saturated rings. The lowest BCUT2D eigenvalue weighted by molar-refractivity contribution is 0.174. The normalized spacial score (nSPS) is 13.9. The van der Waals surface area contributed by atoms with Crippen LogP contribution in [0.25, 0.3) is 0 Å². The second kappa shape index (κ2) is 5.05. The Bertz CT molecular complexity index is 769. The van der Waals surface area contributed by atoms with E-state index in [0.717, 1.165) is 0 Å². The minimum absolute atomic E-state index is 0.104. The Kier molecular flexibility index (Phi) is 3.34. The van der Waals surface area contributed by atoms with Gasteiger partial charge in [0.15, 0.2) is 11.5 Å². The van der Waals surface area contributed by atoms with E-state index in [1.165, 1.54) is 23.5 Å². The number of rotatable bonds is 4. The minimum atomic E-state index is -3.63. The van der Waals surface area contributed by atoms with Crippen molar-refractivity contribution in [3.05, 3.63) is 35.7 Å². The largest absolute Gasteiger partial charge is 0.454 e. The molecule has 1 aromatic carbocycles. The van der Waals surface area contributed by atoms with E-state index in [0.29, 0.717) is 23.0 Å². The van der Waals surface area contributed by atoms with E-state index in [2.05, 4.69) is 5.16 Å². The third-order valence-corrected chi connectivity index (χ3v) is 4.91. The Morgan fingerprint density at radius 3 is 2.71 bits per heavy atom. The van der Waals surface area contributed by atoms with Gasteiger partial charge in [0.1, 0.15) is 5.76 Å². The van der Waals surface area contributed by atoms with Crippen LogP contribution in [-0.4, -0.2) is 31.7 Å². The molecule has 2 aromatic rings. The molecule has 7 nitrogen and oxygen atoms in total. The first-order valence-electron chi connectivity index (χ1n) is 6.25. The number of nitrogens with zero attached hydrogens (tertiary/aromatic N) is 2. The molecule has 0 unspecified atom stereocenters. The van der Waals surface area contributed by atoms with Gasteiger partial charge in [0.2, 0.25) is 16.8 Å². The topological polar surface area (TPSA) is 81.9 Å². The number of aromatic nitrogens is 1. The van der Waals surface area contributed by atoms with Crippen molar-refractivity contribution in [1.82, 2.24) is 9.46 Å². The van der Waals surface area contributed by atoms with Gasteiger partial charge in [0.25, 0.3) is 0 Å². The fourth-order valence-corrected chi connectivity index (χ4v) is 3.18. The minimum Gasteiger partial charge on any atom is -0.454 e. The van der Waals surface area contributed by atoms with E-state index in [-0.39, 0.29) is 18.2 Å². The zero-order valence-corrected chi connectivity index (χ0v) is 12.4. The van der Waals surface area contributed by atoms with E-state index in [4.69, 9.17) is 14.0 Å². The molecular weight excluding hydrogens is 296 g/mol. The fraction of sp³-hybridized carbons (Fsp3) is 0.308. The monoisotopic (exact) mass is 310 g/mol. The molecule has 2 heterocycles. The molecule has 1 aliphatic rings. The van der Waals surface area contributed by atoms with Gasteiger partial charge in [0.05, 0.1) is 17.1 Å². The van der Waals surface area contributed by atoms with Crippen molar-refractivity contribution in [3.8, 4) is 11.5 Å². The zero-order chi connectivity index (χ0) is 15.0. The van der Waals surface area contributed by atoms with Gasteiger partial charge in [-0.05, 0) is 19.1 Å². The van der Waals surface area contributed by atoms with Gasteiger partial charge in [-0.1, -0.05) is 5.16 Å². The maximum atomic E-state index is 12.5. The Labute approximate surface area is 122 Å². The Hall–Kier alpha value is -2.06. The lowest BCUT2D eigenvalue weighted by Crippen LogP contribution is -2.26. The van der Waals surface area contributed by atoms with Crippen molar-refractivity contribution >= 4 is 10.0 Å². The molecule has 0 saturated carbocycles. The van der Waals surface area contributed by atoms with Gasteiger partial charge >= 0.3 is 0 Å². The lowest BCUT2D eigenvalue weighted by Gasteiger charge is -2.15. The molecule has 0 radical (unpaired) electrons. The molecule has 112 valence electrons. The van der Waals surface area contributed by atoms with Crippen LogP contribution in [0.2, 0.25) is 0 Å². The van der Waals surface area contributed by atoms with E-state index in [1.54, 1.807) is 19.1 Å². The first-order valence-corrected chi connectivity index (χ1v) is 7.69. The van der Waals surface area contributed by atoms with Crippen molar-refractivity contribution in [2.75, 3.05) is 13.8 Å². The zero-order valence-electron chi connectivity index (χ0n) is 11.6. The molecule has 1 aromatic heterocycles. The van der Waals surface area contributed by atoms with Crippen molar-refractivity contribution in [2.45, 2.75) is 18.4 Å². The molecule has 0 aliphatic carbocycles. The number of hydrogen-bond donors (Lipinski definition) is 0. The van der Waals surface area contributed by atoms with Crippen molar-refractivity contribution in [3.63, 3.8) is 0 Å². The van der Waals surface area contributed by atoms with Gasteiger partial charge < -0.3 is 14.0 Å². The summed E-state index contributed by atoms with van der Waals surface area (Å²) < 4.78 is 41.6. The Morgan fingerprint density at radius 2 is 2.00 bits per heavy atom. The van der Waals surface area contributed by atoms with Gasteiger partial charge in [-0.15, -0.1) is 0 Å². The number of hydrogen-bond acceptors (Lipinski definition) is 6. The molecule has 3 rings (SSSR count). The highest BCUT2D eigenvalue weighted by Gasteiger charge is 2.25. The highest BCUT2D eigenvalue weighted by Crippen LogP contribution is 2.34. The number of ether oxygens (including phenoxy) is 2. The van der Waals surface area contributed by atoms with Crippen LogP contribution in [0, 0.1) is 6.92 Å². The first-order chi connectivity index (χ1) is 9.96. The van der Waals surface area contributed by atoms with Crippen molar-refractivity contribution in [1.29, 1.82) is 0 Å². The summed E-state index contributed by atoms with van der Waals surface area (Å²) in [5, 5.41) is 3.79. The van der Waals surface area contributed by atoms with Crippen LogP contribution < -0.4 is 9.47 Å². The van der Waals surface area contributed by atoms with Gasteiger partial charge in [-0.2, -0.15) is 4.31 Å². The van der Waals surface area contributed by atoms with E-state index >= 15 is 0 Å². The molecule has 0 amide bonds. The number of sulfonamides is 1. The Morgan fingerprint density at radius 1 is 1.24 bits per heavy atom. The summed E-state index contributed by atoms with van der Waals surface area (Å²) >= 11 is 0. The van der Waals surface area contributed by atoms with E-state index in [1.807, 2.05) is 0 Å². The van der Waals surface area contributed by atoms with Crippen molar-refractivity contribution < 1.29 is 22.4 Å². The lowest BCUT2D eigenvalue weighted by atomic mass is 10.3. The smallest absolute Gasteiger partial charge is 0.243 e. The molecule has 1 aliphatic heterocycles. The van der Waals surface area contributed by atoms with Gasteiger partial charge in [-0.25, -0.2) is 8.42 Å². The quantitative estimate of drug-likeness (QED) is 0.852. The van der Waals surface area contributed by atoms with Crippen LogP contribution in [0.3, 0.4) is 0 Å². The van der Waals surface area contributed by atoms with E-state index in [9.17, 15) is 8.42 Å². The fourth-order valence-electron chi connectivity index (χ4n) is 2.02. The maximum Gasteiger partial charge on any atom is 0.243 e. The third-order valence-electron chi connectivity index (χ3n) is 3.11. The summed E-state index contributed by atoms with van der Waals surface area (Å²) in [4.78, 5) is 0.148. The number of aryl methyl sites for hydroxylation is 1. The van der Waals surface area contributed by atoms with Crippen LogP contribution in [-0.2, 0) is 16.6 Å². The molecule has 0 bridgehead atoms. The summed E-state index contributed by atoms with van der Waals surface area (Å²) in [7, 11) is -2.14. The maximum absolute atomic E-state index is 12.5. The number of fused-ring (bicyclic) bond motifs is 1. The van der Waals surface area contributed by atoms with Gasteiger partial charge in [0, 0.05) is 19.2 Å². The molecule has 0 saturated heterocycles. The van der Waals surface area contributed by atoms with Gasteiger partial charge in [-0.3, -0.25) is 0 Å². The predicted molar refractivity (Wildman–Crippen MR) is 72.5 cm³/mol. The SMILES string of the molecule is Cc1cc(CN(C)S(=O)(=O)c2ccc3c(c2)OCO3)no1. The molecule has 0 atom stereocenters. The second-order valence-corrected chi connectivity index (χ2v) is 6.75. The summed E-state index contributed by atoms with van der Waals surface area (Å²) in [6.07, 6.45) is 0. The average Bonchev–Trinajstić information content (AvgIpc) is 3.06.